The van der Waals surface area contributed by atoms with Gasteiger partial charge in [0.1, 0.15) is 0 Å². The molecule has 0 saturated carbocycles. The van der Waals surface area contributed by atoms with Crippen LogP contribution in [-0.4, -0.2) is 25.9 Å². The van der Waals surface area contributed by atoms with Crippen LogP contribution in [0.1, 0.15) is 33.3 Å². The van der Waals surface area contributed by atoms with Gasteiger partial charge in [-0.3, -0.25) is 11.3 Å². The third kappa shape index (κ3) is 4.95. The summed E-state index contributed by atoms with van der Waals surface area (Å²) in [5.41, 5.74) is 3.59. The third-order valence-corrected chi connectivity index (χ3v) is 3.45. The van der Waals surface area contributed by atoms with Crippen LogP contribution in [0, 0.1) is 11.2 Å². The van der Waals surface area contributed by atoms with E-state index in [0.29, 0.717) is 13.0 Å². The zero-order valence-electron chi connectivity index (χ0n) is 13.6. The van der Waals surface area contributed by atoms with Gasteiger partial charge in [0.15, 0.2) is 11.6 Å². The van der Waals surface area contributed by atoms with Gasteiger partial charge >= 0.3 is 0 Å². The Kier molecular flexibility index (Phi) is 6.58. The molecule has 21 heavy (non-hydrogen) atoms. The second-order valence-electron chi connectivity index (χ2n) is 6.19. The predicted molar refractivity (Wildman–Crippen MR) is 82.6 cm³/mol. The van der Waals surface area contributed by atoms with Crippen molar-refractivity contribution in [2.75, 3.05) is 13.7 Å². The van der Waals surface area contributed by atoms with Crippen molar-refractivity contribution in [1.82, 2.24) is 5.43 Å². The molecule has 5 heteroatoms. The van der Waals surface area contributed by atoms with Crippen LogP contribution in [0.15, 0.2) is 18.2 Å². The monoisotopic (exact) mass is 298 g/mol. The normalized spacial score (nSPS) is 14.8. The Morgan fingerprint density at radius 2 is 2.00 bits per heavy atom. The van der Waals surface area contributed by atoms with E-state index >= 15 is 0 Å². The fourth-order valence-corrected chi connectivity index (χ4v) is 2.49. The van der Waals surface area contributed by atoms with Crippen molar-refractivity contribution in [3.05, 3.63) is 29.6 Å². The van der Waals surface area contributed by atoms with Crippen LogP contribution < -0.4 is 16.0 Å². The quantitative estimate of drug-likeness (QED) is 0.600. The highest BCUT2D eigenvalue weighted by Gasteiger charge is 2.32. The molecule has 0 amide bonds. The number of methoxy groups -OCH3 is 1. The van der Waals surface area contributed by atoms with Gasteiger partial charge in [0, 0.05) is 6.61 Å². The molecule has 0 aliphatic carbocycles. The van der Waals surface area contributed by atoms with E-state index in [1.165, 1.54) is 13.2 Å². The molecular weight excluding hydrogens is 271 g/mol. The van der Waals surface area contributed by atoms with Crippen molar-refractivity contribution < 1.29 is 13.9 Å². The highest BCUT2D eigenvalue weighted by Crippen LogP contribution is 2.27. The van der Waals surface area contributed by atoms with Crippen LogP contribution >= 0.6 is 0 Å². The molecule has 120 valence electrons. The number of hydrazine groups is 1. The number of halogens is 1. The molecule has 2 unspecified atom stereocenters. The predicted octanol–water partition coefficient (Wildman–Crippen LogP) is 2.66. The third-order valence-electron chi connectivity index (χ3n) is 3.45. The number of nitrogens with two attached hydrogens (primary N) is 1. The maximum atomic E-state index is 13.8. The van der Waals surface area contributed by atoms with Crippen LogP contribution in [0.5, 0.6) is 5.75 Å². The van der Waals surface area contributed by atoms with Gasteiger partial charge in [-0.15, -0.1) is 0 Å². The first-order valence-electron chi connectivity index (χ1n) is 7.23. The summed E-state index contributed by atoms with van der Waals surface area (Å²) in [7, 11) is 1.45. The summed E-state index contributed by atoms with van der Waals surface area (Å²) in [5.74, 6) is 5.57. The van der Waals surface area contributed by atoms with E-state index in [1.54, 1.807) is 6.07 Å². The minimum atomic E-state index is -0.366. The largest absolute Gasteiger partial charge is 0.494 e. The summed E-state index contributed by atoms with van der Waals surface area (Å²) in [6.45, 7) is 8.88. The lowest BCUT2D eigenvalue weighted by atomic mass is 9.82. The Hall–Kier alpha value is -1.17. The van der Waals surface area contributed by atoms with Crippen LogP contribution in [0.4, 0.5) is 4.39 Å². The first kappa shape index (κ1) is 17.9. The van der Waals surface area contributed by atoms with Crippen LogP contribution in [-0.2, 0) is 11.2 Å². The van der Waals surface area contributed by atoms with Gasteiger partial charge in [-0.2, -0.15) is 0 Å². The summed E-state index contributed by atoms with van der Waals surface area (Å²) in [5, 5.41) is 0. The Morgan fingerprint density at radius 3 is 2.43 bits per heavy atom. The van der Waals surface area contributed by atoms with E-state index in [9.17, 15) is 4.39 Å². The minimum Gasteiger partial charge on any atom is -0.494 e. The van der Waals surface area contributed by atoms with Gasteiger partial charge in [0.05, 0.1) is 19.3 Å². The lowest BCUT2D eigenvalue weighted by Gasteiger charge is -2.36. The van der Waals surface area contributed by atoms with E-state index < -0.39 is 0 Å². The molecule has 0 saturated heterocycles. The van der Waals surface area contributed by atoms with E-state index in [1.807, 2.05) is 13.0 Å². The summed E-state index contributed by atoms with van der Waals surface area (Å²) in [6.07, 6.45) is 0.511. The van der Waals surface area contributed by atoms with Gasteiger partial charge in [0.25, 0.3) is 0 Å². The molecule has 1 rings (SSSR count). The maximum absolute atomic E-state index is 13.8. The molecule has 0 fully saturated rings. The Morgan fingerprint density at radius 1 is 1.33 bits per heavy atom. The first-order chi connectivity index (χ1) is 9.83. The molecule has 1 aromatic rings. The van der Waals surface area contributed by atoms with Crippen LogP contribution in [0.25, 0.3) is 0 Å². The lowest BCUT2D eigenvalue weighted by Crippen LogP contribution is -2.52. The summed E-state index contributed by atoms with van der Waals surface area (Å²) < 4.78 is 24.6. The first-order valence-corrected chi connectivity index (χ1v) is 7.23. The van der Waals surface area contributed by atoms with Gasteiger partial charge < -0.3 is 9.47 Å². The molecule has 0 aliphatic rings. The lowest BCUT2D eigenvalue weighted by molar-refractivity contribution is -0.0356. The van der Waals surface area contributed by atoms with Crippen molar-refractivity contribution in [2.45, 2.75) is 46.3 Å². The van der Waals surface area contributed by atoms with E-state index in [2.05, 4.69) is 26.2 Å². The van der Waals surface area contributed by atoms with Crippen molar-refractivity contribution in [2.24, 2.45) is 11.3 Å². The Balaban J connectivity index is 2.92. The molecule has 3 N–H and O–H groups in total. The standard InChI is InChI=1S/C16H27FN2O2/c1-6-21-15(16(2,3)4)13(19-18)10-11-7-8-14(20-5)12(17)9-11/h7-9,13,15,19H,6,10,18H2,1-5H3. The number of ether oxygens (including phenoxy) is 2. The fraction of sp³-hybridized carbons (Fsp3) is 0.625. The Bertz CT molecular complexity index is 446. The van der Waals surface area contributed by atoms with E-state index in [0.717, 1.165) is 5.56 Å². The average molecular weight is 298 g/mol. The number of rotatable bonds is 7. The second kappa shape index (κ2) is 7.73. The number of hydrogen-bond donors (Lipinski definition) is 2. The van der Waals surface area contributed by atoms with Crippen molar-refractivity contribution in [1.29, 1.82) is 0 Å². The smallest absolute Gasteiger partial charge is 0.165 e. The molecule has 0 heterocycles. The molecule has 0 aliphatic heterocycles. The fourth-order valence-electron chi connectivity index (χ4n) is 2.49. The van der Waals surface area contributed by atoms with Gasteiger partial charge in [-0.25, -0.2) is 4.39 Å². The molecular formula is C16H27FN2O2. The zero-order valence-corrected chi connectivity index (χ0v) is 13.6. The average Bonchev–Trinajstić information content (AvgIpc) is 2.41. The highest BCUT2D eigenvalue weighted by molar-refractivity contribution is 5.29. The van der Waals surface area contributed by atoms with Crippen LogP contribution in [0.2, 0.25) is 0 Å². The second-order valence-corrected chi connectivity index (χ2v) is 6.19. The van der Waals surface area contributed by atoms with Crippen molar-refractivity contribution in [3.8, 4) is 5.75 Å². The summed E-state index contributed by atoms with van der Waals surface area (Å²) in [4.78, 5) is 0. The maximum Gasteiger partial charge on any atom is 0.165 e. The highest BCUT2D eigenvalue weighted by atomic mass is 19.1. The number of nitrogens with one attached hydrogen (secondary N) is 1. The van der Waals surface area contributed by atoms with Gasteiger partial charge in [-0.1, -0.05) is 26.8 Å². The molecule has 4 nitrogen and oxygen atoms in total. The van der Waals surface area contributed by atoms with Crippen LogP contribution in [0.3, 0.4) is 0 Å². The van der Waals surface area contributed by atoms with Gasteiger partial charge in [0.2, 0.25) is 0 Å². The van der Waals surface area contributed by atoms with E-state index in [-0.39, 0.29) is 29.1 Å². The summed E-state index contributed by atoms with van der Waals surface area (Å²) >= 11 is 0. The van der Waals surface area contributed by atoms with Crippen molar-refractivity contribution >= 4 is 0 Å². The van der Waals surface area contributed by atoms with Crippen molar-refractivity contribution in [3.63, 3.8) is 0 Å². The summed E-state index contributed by atoms with van der Waals surface area (Å²) in [6, 6.07) is 4.86. The Labute approximate surface area is 126 Å². The molecule has 1 aromatic carbocycles. The molecule has 0 aromatic heterocycles. The number of benzene rings is 1. The van der Waals surface area contributed by atoms with E-state index in [4.69, 9.17) is 15.3 Å². The zero-order chi connectivity index (χ0) is 16.0. The number of hydrogen-bond acceptors (Lipinski definition) is 4. The molecule has 0 bridgehead atoms. The molecule has 2 atom stereocenters. The SMILES string of the molecule is CCOC(C(Cc1ccc(OC)c(F)c1)NN)C(C)(C)C. The minimum absolute atomic E-state index is 0.0714. The topological polar surface area (TPSA) is 56.5 Å². The molecule has 0 spiro atoms. The molecule has 0 radical (unpaired) electrons. The van der Waals surface area contributed by atoms with Gasteiger partial charge in [-0.05, 0) is 36.5 Å².